The molecule has 3 aromatic rings. The summed E-state index contributed by atoms with van der Waals surface area (Å²) in [6.07, 6.45) is 1.79. The number of aromatic nitrogens is 3. The molecule has 3 rings (SSSR count). The van der Waals surface area contributed by atoms with Crippen molar-refractivity contribution >= 4 is 27.1 Å². The average molecular weight is 302 g/mol. The molecule has 0 radical (unpaired) electrons. The highest BCUT2D eigenvalue weighted by Crippen LogP contribution is 2.25. The Morgan fingerprint density at radius 3 is 2.67 bits per heavy atom. The lowest BCUT2D eigenvalue weighted by Crippen LogP contribution is -1.83. The number of fused-ring (bicyclic) bond motifs is 1. The second kappa shape index (κ2) is 4.21. The zero-order chi connectivity index (χ0) is 12.7. The minimum absolute atomic E-state index is 0.769. The fourth-order valence-corrected chi connectivity index (χ4v) is 2.21. The molecule has 90 valence electrons. The highest BCUT2D eigenvalue weighted by Gasteiger charge is 2.08. The fourth-order valence-electron chi connectivity index (χ4n) is 1.96. The minimum Gasteiger partial charge on any atom is -0.336 e. The topological polar surface area (TPSA) is 41.6 Å². The maximum Gasteiger partial charge on any atom is 0.178 e. The van der Waals surface area contributed by atoms with Crippen molar-refractivity contribution in [3.8, 4) is 11.4 Å². The average Bonchev–Trinajstić information content (AvgIpc) is 2.78. The van der Waals surface area contributed by atoms with Gasteiger partial charge in [0.05, 0.1) is 5.52 Å². The van der Waals surface area contributed by atoms with E-state index in [0.29, 0.717) is 0 Å². The van der Waals surface area contributed by atoms with Crippen molar-refractivity contribution in [1.82, 2.24) is 15.0 Å². The van der Waals surface area contributed by atoms with E-state index >= 15 is 0 Å². The number of halogens is 1. The lowest BCUT2D eigenvalue weighted by Gasteiger charge is -2.00. The number of aryl methyl sites for hydroxylation is 2. The van der Waals surface area contributed by atoms with Crippen molar-refractivity contribution in [1.29, 1.82) is 0 Å². The van der Waals surface area contributed by atoms with Crippen LogP contribution in [0.15, 0.2) is 34.9 Å². The molecule has 0 fully saturated rings. The number of pyridine rings is 1. The number of hydrogen-bond acceptors (Lipinski definition) is 2. The van der Waals surface area contributed by atoms with E-state index in [-0.39, 0.29) is 0 Å². The second-order valence-corrected chi connectivity index (χ2v) is 5.23. The van der Waals surface area contributed by atoms with Gasteiger partial charge in [0, 0.05) is 16.2 Å². The summed E-state index contributed by atoms with van der Waals surface area (Å²) in [7, 11) is 0. The molecule has 0 saturated carbocycles. The lowest BCUT2D eigenvalue weighted by atomic mass is 10.1. The molecule has 0 amide bonds. The Bertz CT molecular complexity index is 731. The van der Waals surface area contributed by atoms with E-state index in [1.54, 1.807) is 6.20 Å². The summed E-state index contributed by atoms with van der Waals surface area (Å²) in [5.74, 6) is 0.863. The van der Waals surface area contributed by atoms with E-state index in [2.05, 4.69) is 50.8 Å². The van der Waals surface area contributed by atoms with Crippen LogP contribution in [0.25, 0.3) is 22.6 Å². The van der Waals surface area contributed by atoms with E-state index in [0.717, 1.165) is 32.6 Å². The van der Waals surface area contributed by atoms with Gasteiger partial charge >= 0.3 is 0 Å². The van der Waals surface area contributed by atoms with Crippen molar-refractivity contribution in [2.45, 2.75) is 13.8 Å². The Hall–Kier alpha value is -1.68. The molecule has 0 bridgehead atoms. The largest absolute Gasteiger partial charge is 0.336 e. The van der Waals surface area contributed by atoms with Crippen LogP contribution >= 0.6 is 15.9 Å². The summed E-state index contributed by atoms with van der Waals surface area (Å²) in [6, 6.07) is 8.18. The molecule has 0 aliphatic rings. The quantitative estimate of drug-likeness (QED) is 0.738. The van der Waals surface area contributed by atoms with Gasteiger partial charge in [-0.05, 0) is 43.2 Å². The van der Waals surface area contributed by atoms with Crippen LogP contribution in [0.5, 0.6) is 0 Å². The first kappa shape index (κ1) is 11.4. The molecular weight excluding hydrogens is 290 g/mol. The van der Waals surface area contributed by atoms with Gasteiger partial charge in [0.1, 0.15) is 5.82 Å². The number of benzene rings is 1. The van der Waals surface area contributed by atoms with E-state index in [1.165, 1.54) is 5.56 Å². The van der Waals surface area contributed by atoms with Gasteiger partial charge in [0.15, 0.2) is 5.65 Å². The standard InChI is InChI=1S/C14H12BrN3/c1-8-5-6-16-14-12(8)17-13(18-14)10-3-4-11(15)9(2)7-10/h3-7H,1-2H3,(H,16,17,18). The Labute approximate surface area is 113 Å². The molecule has 0 atom stereocenters. The lowest BCUT2D eigenvalue weighted by molar-refractivity contribution is 1.29. The maximum atomic E-state index is 4.53. The zero-order valence-corrected chi connectivity index (χ0v) is 11.7. The van der Waals surface area contributed by atoms with Crippen LogP contribution in [0.3, 0.4) is 0 Å². The maximum absolute atomic E-state index is 4.53. The third kappa shape index (κ3) is 1.82. The van der Waals surface area contributed by atoms with Gasteiger partial charge < -0.3 is 4.98 Å². The minimum atomic E-state index is 0.769. The molecule has 0 aliphatic heterocycles. The predicted molar refractivity (Wildman–Crippen MR) is 76.5 cm³/mol. The summed E-state index contributed by atoms with van der Waals surface area (Å²) in [5, 5.41) is 0. The zero-order valence-electron chi connectivity index (χ0n) is 10.2. The third-order valence-corrected chi connectivity index (χ3v) is 3.92. The molecule has 0 aliphatic carbocycles. The molecule has 1 aromatic carbocycles. The summed E-state index contributed by atoms with van der Waals surface area (Å²) in [6.45, 7) is 4.12. The molecule has 2 heterocycles. The van der Waals surface area contributed by atoms with Crippen LogP contribution in [0.2, 0.25) is 0 Å². The Kier molecular flexibility index (Phi) is 2.67. The first-order valence-corrected chi connectivity index (χ1v) is 6.52. The number of imidazole rings is 1. The third-order valence-electron chi connectivity index (χ3n) is 3.03. The Balaban J connectivity index is 2.19. The van der Waals surface area contributed by atoms with Gasteiger partial charge in [-0.25, -0.2) is 9.97 Å². The molecule has 2 aromatic heterocycles. The van der Waals surface area contributed by atoms with Crippen molar-refractivity contribution < 1.29 is 0 Å². The highest BCUT2D eigenvalue weighted by molar-refractivity contribution is 9.10. The second-order valence-electron chi connectivity index (χ2n) is 4.38. The smallest absolute Gasteiger partial charge is 0.178 e. The van der Waals surface area contributed by atoms with Crippen LogP contribution < -0.4 is 0 Å². The van der Waals surface area contributed by atoms with Crippen molar-refractivity contribution in [2.75, 3.05) is 0 Å². The van der Waals surface area contributed by atoms with Crippen LogP contribution in [-0.4, -0.2) is 15.0 Å². The van der Waals surface area contributed by atoms with Crippen molar-refractivity contribution in [3.05, 3.63) is 46.1 Å². The number of nitrogens with one attached hydrogen (secondary N) is 1. The van der Waals surface area contributed by atoms with Crippen LogP contribution in [0.4, 0.5) is 0 Å². The van der Waals surface area contributed by atoms with E-state index < -0.39 is 0 Å². The summed E-state index contributed by atoms with van der Waals surface area (Å²) in [5.41, 5.74) is 5.21. The van der Waals surface area contributed by atoms with Gasteiger partial charge in [-0.3, -0.25) is 0 Å². The number of aromatic amines is 1. The first-order chi connectivity index (χ1) is 8.65. The molecule has 0 saturated heterocycles. The number of rotatable bonds is 1. The monoisotopic (exact) mass is 301 g/mol. The normalized spacial score (nSPS) is 11.1. The molecule has 18 heavy (non-hydrogen) atoms. The Morgan fingerprint density at radius 2 is 1.94 bits per heavy atom. The van der Waals surface area contributed by atoms with Gasteiger partial charge in [-0.1, -0.05) is 22.0 Å². The van der Waals surface area contributed by atoms with Crippen molar-refractivity contribution in [2.24, 2.45) is 0 Å². The van der Waals surface area contributed by atoms with Gasteiger partial charge in [-0.15, -0.1) is 0 Å². The molecule has 0 unspecified atom stereocenters. The van der Waals surface area contributed by atoms with Crippen molar-refractivity contribution in [3.63, 3.8) is 0 Å². The van der Waals surface area contributed by atoms with E-state index in [4.69, 9.17) is 0 Å². The molecule has 0 spiro atoms. The highest BCUT2D eigenvalue weighted by atomic mass is 79.9. The van der Waals surface area contributed by atoms with Gasteiger partial charge in [-0.2, -0.15) is 0 Å². The Morgan fingerprint density at radius 1 is 1.11 bits per heavy atom. The predicted octanol–water partition coefficient (Wildman–Crippen LogP) is 4.00. The molecular formula is C14H12BrN3. The van der Waals surface area contributed by atoms with Crippen LogP contribution in [0.1, 0.15) is 11.1 Å². The van der Waals surface area contributed by atoms with Gasteiger partial charge in [0.25, 0.3) is 0 Å². The summed E-state index contributed by atoms with van der Waals surface area (Å²) < 4.78 is 1.11. The first-order valence-electron chi connectivity index (χ1n) is 5.73. The van der Waals surface area contributed by atoms with Gasteiger partial charge in [0.2, 0.25) is 0 Å². The van der Waals surface area contributed by atoms with E-state index in [9.17, 15) is 0 Å². The SMILES string of the molecule is Cc1cc(-c2nc3nccc(C)c3[nH]2)ccc1Br. The van der Waals surface area contributed by atoms with Crippen LogP contribution in [0, 0.1) is 13.8 Å². The molecule has 4 heteroatoms. The summed E-state index contributed by atoms with van der Waals surface area (Å²) >= 11 is 3.51. The fraction of sp³-hybridized carbons (Fsp3) is 0.143. The van der Waals surface area contributed by atoms with Crippen LogP contribution in [-0.2, 0) is 0 Å². The molecule has 1 N–H and O–H groups in total. The number of hydrogen-bond donors (Lipinski definition) is 1. The summed E-state index contributed by atoms with van der Waals surface area (Å²) in [4.78, 5) is 12.1. The number of nitrogens with zero attached hydrogens (tertiary/aromatic N) is 2. The number of H-pyrrole nitrogens is 1. The molecule has 3 nitrogen and oxygen atoms in total. The van der Waals surface area contributed by atoms with E-state index in [1.807, 2.05) is 18.2 Å².